The Balaban J connectivity index is -0.00000102. The Kier molecular flexibility index (Phi) is 28.1. The van der Waals surface area contributed by atoms with Gasteiger partial charge in [-0.1, -0.05) is 84.0 Å². The lowest BCUT2D eigenvalue weighted by Gasteiger charge is -2.23. The van der Waals surface area contributed by atoms with Crippen LogP contribution in [-0.2, 0) is 8.92 Å². The van der Waals surface area contributed by atoms with Gasteiger partial charge < -0.3 is 21.5 Å². The molecule has 0 aliphatic carbocycles. The van der Waals surface area contributed by atoms with Gasteiger partial charge >= 0.3 is 9.29 Å². The molecule has 0 rings (SSSR count). The second kappa shape index (κ2) is 23.3. The molecule has 0 N–H and O–H groups in total. The standard InChI is InChI=1S/C19H42N.BrH.O2Si/c1-5-6-7-8-9-10-11-12-13-14-15-16-17-18-19-20(2,3)4;;1-3-2/h5-19H2,1-4H3;1H;/q+1;;/p-1. The Bertz CT molecular complexity index is 265. The molecule has 0 aromatic carbocycles. The Hall–Kier alpha value is 0.257. The molecule has 0 amide bonds. The number of rotatable bonds is 15. The lowest BCUT2D eigenvalue weighted by molar-refractivity contribution is -0.870. The molecule has 0 saturated carbocycles. The molecule has 0 heterocycles. The third-order valence-electron chi connectivity index (χ3n) is 4.18. The first-order chi connectivity index (χ1) is 11.0. The average Bonchev–Trinajstić information content (AvgIpc) is 2.47. The van der Waals surface area contributed by atoms with Gasteiger partial charge in [0.1, 0.15) is 0 Å². The minimum absolute atomic E-state index is 0. The third kappa shape index (κ3) is 33.8. The van der Waals surface area contributed by atoms with E-state index >= 15 is 0 Å². The molecule has 0 atom stereocenters. The monoisotopic (exact) mass is 423 g/mol. The maximum atomic E-state index is 8.40. The largest absolute Gasteiger partial charge is 1.00 e. The molecule has 5 heteroatoms. The number of hydrogen-bond donors (Lipinski definition) is 0. The van der Waals surface area contributed by atoms with Crippen molar-refractivity contribution in [2.45, 2.75) is 96.8 Å². The van der Waals surface area contributed by atoms with Gasteiger partial charge in [-0.2, -0.15) is 0 Å². The van der Waals surface area contributed by atoms with Crippen molar-refractivity contribution in [1.29, 1.82) is 0 Å². The fourth-order valence-corrected chi connectivity index (χ4v) is 2.78. The van der Waals surface area contributed by atoms with Crippen LogP contribution in [0.3, 0.4) is 0 Å². The van der Waals surface area contributed by atoms with E-state index in [-0.39, 0.29) is 17.0 Å². The summed E-state index contributed by atoms with van der Waals surface area (Å²) in [6.45, 7) is 3.63. The highest BCUT2D eigenvalue weighted by molar-refractivity contribution is 5.94. The van der Waals surface area contributed by atoms with Crippen molar-refractivity contribution in [3.63, 3.8) is 0 Å². The van der Waals surface area contributed by atoms with E-state index in [1.54, 1.807) is 0 Å². The van der Waals surface area contributed by atoms with Crippen LogP contribution in [0, 0.1) is 0 Å². The van der Waals surface area contributed by atoms with Crippen LogP contribution >= 0.6 is 0 Å². The molecule has 0 aliphatic rings. The van der Waals surface area contributed by atoms with E-state index in [0.29, 0.717) is 0 Å². The first kappa shape index (κ1) is 29.0. The molecule has 0 unspecified atom stereocenters. The highest BCUT2D eigenvalue weighted by Crippen LogP contribution is 2.13. The van der Waals surface area contributed by atoms with Crippen molar-refractivity contribution in [2.75, 3.05) is 27.7 Å². The van der Waals surface area contributed by atoms with E-state index in [1.807, 2.05) is 0 Å². The molecule has 0 aromatic rings. The van der Waals surface area contributed by atoms with E-state index in [2.05, 4.69) is 28.1 Å². The van der Waals surface area contributed by atoms with Crippen molar-refractivity contribution in [3.05, 3.63) is 0 Å². The quantitative estimate of drug-likeness (QED) is 0.230. The van der Waals surface area contributed by atoms with Gasteiger partial charge in [-0.25, -0.2) is 0 Å². The first-order valence-corrected chi connectivity index (χ1v) is 10.6. The van der Waals surface area contributed by atoms with Gasteiger partial charge in [-0.05, 0) is 12.8 Å². The van der Waals surface area contributed by atoms with Gasteiger partial charge in [0, 0.05) is 0 Å². The van der Waals surface area contributed by atoms with Gasteiger partial charge in [-0.15, -0.1) is 0 Å². The van der Waals surface area contributed by atoms with Crippen LogP contribution in [0.1, 0.15) is 96.8 Å². The summed E-state index contributed by atoms with van der Waals surface area (Å²) in [6.07, 6.45) is 20.4. The Morgan fingerprint density at radius 1 is 0.583 bits per heavy atom. The van der Waals surface area contributed by atoms with Gasteiger partial charge in [0.2, 0.25) is 0 Å². The Morgan fingerprint density at radius 2 is 0.833 bits per heavy atom. The number of halogens is 1. The molecule has 0 spiro atoms. The first-order valence-electron chi connectivity index (χ1n) is 9.77. The summed E-state index contributed by atoms with van der Waals surface area (Å²) in [4.78, 5) is 0. The second-order valence-electron chi connectivity index (χ2n) is 7.69. The van der Waals surface area contributed by atoms with Crippen molar-refractivity contribution in [3.8, 4) is 0 Å². The zero-order valence-electron chi connectivity index (χ0n) is 16.7. The maximum absolute atomic E-state index is 8.40. The van der Waals surface area contributed by atoms with Crippen LogP contribution in [0.25, 0.3) is 0 Å². The number of quaternary nitrogens is 1. The summed E-state index contributed by atoms with van der Waals surface area (Å²) in [5.74, 6) is 0. The smallest absolute Gasteiger partial charge is 0.549 e. The molecule has 0 aromatic heterocycles. The predicted octanol–water partition coefficient (Wildman–Crippen LogP) is 2.56. The van der Waals surface area contributed by atoms with Crippen LogP contribution < -0.4 is 17.0 Å². The van der Waals surface area contributed by atoms with E-state index in [0.717, 1.165) is 4.48 Å². The fourth-order valence-electron chi connectivity index (χ4n) is 2.78. The molecule has 0 saturated heterocycles. The number of hydrogen-bond acceptors (Lipinski definition) is 2. The van der Waals surface area contributed by atoms with Crippen LogP contribution in [0.5, 0.6) is 0 Å². The highest BCUT2D eigenvalue weighted by Gasteiger charge is 2.04. The number of unbranched alkanes of at least 4 members (excludes halogenated alkanes) is 13. The van der Waals surface area contributed by atoms with Crippen LogP contribution in [0.15, 0.2) is 0 Å². The van der Waals surface area contributed by atoms with E-state index in [9.17, 15) is 0 Å². The zero-order chi connectivity index (χ0) is 17.8. The third-order valence-corrected chi connectivity index (χ3v) is 4.18. The summed E-state index contributed by atoms with van der Waals surface area (Å²) >= 11 is 0. The fraction of sp³-hybridized carbons (Fsp3) is 1.00. The molecular formula is C19H42BrNO2Si. The van der Waals surface area contributed by atoms with Gasteiger partial charge in [0.25, 0.3) is 0 Å². The van der Waals surface area contributed by atoms with E-state index in [1.165, 1.54) is 96.4 Å². The van der Waals surface area contributed by atoms with Crippen LogP contribution in [0.4, 0.5) is 0 Å². The molecule has 0 bridgehead atoms. The van der Waals surface area contributed by atoms with Crippen molar-refractivity contribution < 1.29 is 30.4 Å². The molecule has 0 radical (unpaired) electrons. The molecule has 0 aliphatic heterocycles. The van der Waals surface area contributed by atoms with Crippen LogP contribution in [-0.4, -0.2) is 41.5 Å². The summed E-state index contributed by atoms with van der Waals surface area (Å²) in [5.41, 5.74) is 0. The Morgan fingerprint density at radius 3 is 1.08 bits per heavy atom. The summed E-state index contributed by atoms with van der Waals surface area (Å²) in [6, 6.07) is 0. The molecule has 0 fully saturated rings. The van der Waals surface area contributed by atoms with Crippen molar-refractivity contribution >= 4 is 9.29 Å². The average molecular weight is 425 g/mol. The lowest BCUT2D eigenvalue weighted by Crippen LogP contribution is -3.00. The van der Waals surface area contributed by atoms with Gasteiger partial charge in [-0.3, -0.25) is 8.92 Å². The molecular weight excluding hydrogens is 382 g/mol. The van der Waals surface area contributed by atoms with Crippen molar-refractivity contribution in [1.82, 2.24) is 0 Å². The minimum Gasteiger partial charge on any atom is -1.00 e. The lowest BCUT2D eigenvalue weighted by atomic mass is 10.0. The SMILES string of the molecule is CCCCCCCCCCCCCCCC[N+](C)(C)C.O=[Si]=O.[Br-]. The predicted molar refractivity (Wildman–Crippen MR) is 100 cm³/mol. The van der Waals surface area contributed by atoms with Gasteiger partial charge in [0.05, 0.1) is 27.7 Å². The summed E-state index contributed by atoms with van der Waals surface area (Å²) in [5, 5.41) is 0. The normalized spacial score (nSPS) is 10.3. The van der Waals surface area contributed by atoms with E-state index in [4.69, 9.17) is 8.92 Å². The second-order valence-corrected chi connectivity index (χ2v) is 7.86. The van der Waals surface area contributed by atoms with E-state index < -0.39 is 9.29 Å². The topological polar surface area (TPSA) is 34.1 Å². The molecule has 146 valence electrons. The molecule has 3 nitrogen and oxygen atoms in total. The van der Waals surface area contributed by atoms with Gasteiger partial charge in [0.15, 0.2) is 0 Å². The zero-order valence-corrected chi connectivity index (χ0v) is 19.3. The minimum atomic E-state index is -1.42. The summed E-state index contributed by atoms with van der Waals surface area (Å²) in [7, 11) is 5.47. The summed E-state index contributed by atoms with van der Waals surface area (Å²) < 4.78 is 17.9. The number of nitrogens with zero attached hydrogens (tertiary/aromatic N) is 1. The molecule has 24 heavy (non-hydrogen) atoms. The Labute approximate surface area is 164 Å². The highest BCUT2D eigenvalue weighted by atomic mass is 79.9. The van der Waals surface area contributed by atoms with Crippen molar-refractivity contribution in [2.24, 2.45) is 0 Å². The maximum Gasteiger partial charge on any atom is 0.549 e. The van der Waals surface area contributed by atoms with Crippen LogP contribution in [0.2, 0.25) is 0 Å².